The zero-order chi connectivity index (χ0) is 16.4. The Labute approximate surface area is 139 Å². The van der Waals surface area contributed by atoms with Gasteiger partial charge in [0, 0.05) is 12.6 Å². The van der Waals surface area contributed by atoms with E-state index in [0.717, 1.165) is 11.0 Å². The second-order valence-corrected chi connectivity index (χ2v) is 8.78. The molecule has 1 N–H and O–H groups in total. The summed E-state index contributed by atoms with van der Waals surface area (Å²) < 4.78 is 23.2. The Balaban J connectivity index is 1.63. The van der Waals surface area contributed by atoms with Gasteiger partial charge in [0.05, 0.1) is 28.3 Å². The van der Waals surface area contributed by atoms with Crippen LogP contribution in [0.5, 0.6) is 0 Å². The van der Waals surface area contributed by atoms with Crippen LogP contribution in [0.2, 0.25) is 0 Å². The van der Waals surface area contributed by atoms with Gasteiger partial charge in [-0.3, -0.25) is 4.79 Å². The average molecular weight is 353 g/mol. The molecule has 23 heavy (non-hydrogen) atoms. The smallest absolute Gasteiger partial charge is 0.233 e. The number of fused-ring (bicyclic) bond motifs is 1. The summed E-state index contributed by atoms with van der Waals surface area (Å²) in [6.07, 6.45) is 0.539. The van der Waals surface area contributed by atoms with Gasteiger partial charge in [-0.2, -0.15) is 0 Å². The monoisotopic (exact) mass is 353 g/mol. The number of sulfone groups is 1. The molecule has 3 rings (SSSR count). The number of hydrogen-bond donors (Lipinski definition) is 1. The lowest BCUT2D eigenvalue weighted by molar-refractivity contribution is -0.129. The molecule has 2 heterocycles. The molecule has 0 aliphatic carbocycles. The number of nitrogens with one attached hydrogen (secondary N) is 1. The van der Waals surface area contributed by atoms with Gasteiger partial charge in [0.15, 0.2) is 15.0 Å². The van der Waals surface area contributed by atoms with Crippen LogP contribution in [0, 0.1) is 0 Å². The van der Waals surface area contributed by atoms with E-state index in [2.05, 4.69) is 9.97 Å². The standard InChI is InChI=1S/C15H19N3O3S2/c1-2-18(11-7-8-23(20,21)10-11)14(19)9-22-15-16-12-5-3-4-6-13(12)17-15/h3-6,11H,2,7-10H2,1H3,(H,16,17). The van der Waals surface area contributed by atoms with Crippen molar-refractivity contribution in [3.05, 3.63) is 24.3 Å². The third-order valence-corrected chi connectivity index (χ3v) is 6.62. The SMILES string of the molecule is CCN(C(=O)CSc1nc2ccccc2[nH]1)C1CCS(=O)(=O)C1. The predicted molar refractivity (Wildman–Crippen MR) is 91.3 cm³/mol. The van der Waals surface area contributed by atoms with Gasteiger partial charge in [0.2, 0.25) is 5.91 Å². The van der Waals surface area contributed by atoms with Crippen LogP contribution in [0.25, 0.3) is 11.0 Å². The maximum Gasteiger partial charge on any atom is 0.233 e. The number of nitrogens with zero attached hydrogens (tertiary/aromatic N) is 2. The minimum Gasteiger partial charge on any atom is -0.338 e. The van der Waals surface area contributed by atoms with Crippen molar-refractivity contribution < 1.29 is 13.2 Å². The molecule has 0 spiro atoms. The fourth-order valence-electron chi connectivity index (χ4n) is 2.87. The van der Waals surface area contributed by atoms with Crippen LogP contribution in [0.4, 0.5) is 0 Å². The van der Waals surface area contributed by atoms with Crippen LogP contribution in [0.1, 0.15) is 13.3 Å². The van der Waals surface area contributed by atoms with E-state index in [0.29, 0.717) is 18.1 Å². The lowest BCUT2D eigenvalue weighted by Crippen LogP contribution is -2.41. The van der Waals surface area contributed by atoms with Gasteiger partial charge in [-0.05, 0) is 25.5 Å². The number of amides is 1. The zero-order valence-corrected chi connectivity index (χ0v) is 14.5. The van der Waals surface area contributed by atoms with Crippen molar-refractivity contribution in [1.29, 1.82) is 0 Å². The molecular formula is C15H19N3O3S2. The minimum absolute atomic E-state index is 0.0416. The molecule has 1 atom stereocenters. The molecule has 1 aromatic heterocycles. The molecule has 8 heteroatoms. The first-order valence-electron chi connectivity index (χ1n) is 7.56. The van der Waals surface area contributed by atoms with Crippen LogP contribution in [0.15, 0.2) is 29.4 Å². The summed E-state index contributed by atoms with van der Waals surface area (Å²) in [5.74, 6) is 0.476. The topological polar surface area (TPSA) is 83.1 Å². The highest BCUT2D eigenvalue weighted by Gasteiger charge is 2.33. The molecule has 6 nitrogen and oxygen atoms in total. The van der Waals surface area contributed by atoms with Crippen LogP contribution >= 0.6 is 11.8 Å². The molecule has 1 aromatic carbocycles. The third kappa shape index (κ3) is 3.69. The van der Waals surface area contributed by atoms with E-state index in [4.69, 9.17) is 0 Å². The molecule has 1 aliphatic rings. The minimum atomic E-state index is -2.99. The Kier molecular flexibility index (Phi) is 4.63. The number of H-pyrrole nitrogens is 1. The van der Waals surface area contributed by atoms with E-state index >= 15 is 0 Å². The van der Waals surface area contributed by atoms with Crippen molar-refractivity contribution in [3.8, 4) is 0 Å². The number of hydrogen-bond acceptors (Lipinski definition) is 5. The first kappa shape index (κ1) is 16.3. The molecule has 2 aromatic rings. The fourth-order valence-corrected chi connectivity index (χ4v) is 5.37. The number of imidazole rings is 1. The number of carbonyl (C=O) groups is 1. The van der Waals surface area contributed by atoms with Crippen molar-refractivity contribution in [2.75, 3.05) is 23.8 Å². The highest BCUT2D eigenvalue weighted by molar-refractivity contribution is 7.99. The molecule has 1 fully saturated rings. The van der Waals surface area contributed by atoms with E-state index < -0.39 is 9.84 Å². The van der Waals surface area contributed by atoms with E-state index in [1.807, 2.05) is 31.2 Å². The summed E-state index contributed by atoms with van der Waals surface area (Å²) in [5.41, 5.74) is 1.81. The van der Waals surface area contributed by atoms with E-state index in [1.54, 1.807) is 4.90 Å². The van der Waals surface area contributed by atoms with Crippen molar-refractivity contribution in [2.24, 2.45) is 0 Å². The molecule has 0 bridgehead atoms. The average Bonchev–Trinajstić information content (AvgIpc) is 3.08. The lowest BCUT2D eigenvalue weighted by Gasteiger charge is -2.26. The first-order valence-corrected chi connectivity index (χ1v) is 10.4. The number of carbonyl (C=O) groups excluding carboxylic acids is 1. The van der Waals surface area contributed by atoms with Crippen LogP contribution in [0.3, 0.4) is 0 Å². The predicted octanol–water partition coefficient (Wildman–Crippen LogP) is 1.69. The van der Waals surface area contributed by atoms with E-state index in [-0.39, 0.29) is 29.2 Å². The number of aromatic amines is 1. The summed E-state index contributed by atoms with van der Waals surface area (Å²) in [6, 6.07) is 7.52. The van der Waals surface area contributed by atoms with Crippen LogP contribution in [-0.4, -0.2) is 59.0 Å². The summed E-state index contributed by atoms with van der Waals surface area (Å²) in [4.78, 5) is 21.7. The quantitative estimate of drug-likeness (QED) is 0.827. The highest BCUT2D eigenvalue weighted by Crippen LogP contribution is 2.22. The molecule has 1 amide bonds. The largest absolute Gasteiger partial charge is 0.338 e. The van der Waals surface area contributed by atoms with Crippen molar-refractivity contribution in [2.45, 2.75) is 24.5 Å². The summed E-state index contributed by atoms with van der Waals surface area (Å²) in [7, 11) is -2.99. The highest BCUT2D eigenvalue weighted by atomic mass is 32.2. The number of para-hydroxylation sites is 2. The Morgan fingerprint density at radius 2 is 2.22 bits per heavy atom. The lowest BCUT2D eigenvalue weighted by atomic mass is 10.2. The maximum absolute atomic E-state index is 12.4. The molecule has 1 saturated heterocycles. The van der Waals surface area contributed by atoms with Gasteiger partial charge in [0.1, 0.15) is 0 Å². The van der Waals surface area contributed by atoms with Gasteiger partial charge >= 0.3 is 0 Å². The zero-order valence-electron chi connectivity index (χ0n) is 12.9. The van der Waals surface area contributed by atoms with E-state index in [1.165, 1.54) is 11.8 Å². The molecule has 1 aliphatic heterocycles. The van der Waals surface area contributed by atoms with Crippen LogP contribution in [-0.2, 0) is 14.6 Å². The van der Waals surface area contributed by atoms with Crippen molar-refractivity contribution in [3.63, 3.8) is 0 Å². The Morgan fingerprint density at radius 3 is 2.87 bits per heavy atom. The number of rotatable bonds is 5. The van der Waals surface area contributed by atoms with Gasteiger partial charge in [-0.25, -0.2) is 13.4 Å². The second kappa shape index (κ2) is 6.52. The van der Waals surface area contributed by atoms with Crippen molar-refractivity contribution in [1.82, 2.24) is 14.9 Å². The summed E-state index contributed by atoms with van der Waals surface area (Å²) in [6.45, 7) is 2.41. The van der Waals surface area contributed by atoms with Gasteiger partial charge in [0.25, 0.3) is 0 Å². The summed E-state index contributed by atoms with van der Waals surface area (Å²) in [5, 5.41) is 0.703. The Morgan fingerprint density at radius 1 is 1.43 bits per heavy atom. The first-order chi connectivity index (χ1) is 11.0. The second-order valence-electron chi connectivity index (χ2n) is 5.58. The fraction of sp³-hybridized carbons (Fsp3) is 0.467. The molecule has 124 valence electrons. The molecule has 0 saturated carbocycles. The van der Waals surface area contributed by atoms with Gasteiger partial charge < -0.3 is 9.88 Å². The Bertz CT molecular complexity index is 783. The summed E-state index contributed by atoms with van der Waals surface area (Å²) >= 11 is 1.35. The van der Waals surface area contributed by atoms with Crippen molar-refractivity contribution >= 4 is 38.5 Å². The number of benzene rings is 1. The number of aromatic nitrogens is 2. The van der Waals surface area contributed by atoms with Gasteiger partial charge in [-0.1, -0.05) is 23.9 Å². The maximum atomic E-state index is 12.4. The molecule has 0 radical (unpaired) electrons. The molecular weight excluding hydrogens is 334 g/mol. The third-order valence-electron chi connectivity index (χ3n) is 4.01. The Hall–Kier alpha value is -1.54. The van der Waals surface area contributed by atoms with E-state index in [9.17, 15) is 13.2 Å². The van der Waals surface area contributed by atoms with Gasteiger partial charge in [-0.15, -0.1) is 0 Å². The van der Waals surface area contributed by atoms with Crippen LogP contribution < -0.4 is 0 Å². The normalized spacial score (nSPS) is 20.0. The number of thioether (sulfide) groups is 1. The molecule has 1 unspecified atom stereocenters.